The first-order valence-corrected chi connectivity index (χ1v) is 18.4. The second kappa shape index (κ2) is 16.5. The molecule has 0 spiro atoms. The predicted octanol–water partition coefficient (Wildman–Crippen LogP) is 12.4. The highest BCUT2D eigenvalue weighted by molar-refractivity contribution is 6.17. The Kier molecular flexibility index (Phi) is 13.4. The lowest BCUT2D eigenvalue weighted by molar-refractivity contribution is 0.0604. The highest BCUT2D eigenvalue weighted by atomic mass is 35.5. The maximum atomic E-state index is 6.25. The Morgan fingerprint density at radius 1 is 0.737 bits per heavy atom. The van der Waals surface area contributed by atoms with Gasteiger partial charge in [-0.15, -0.1) is 11.6 Å². The summed E-state index contributed by atoms with van der Waals surface area (Å²) in [5.41, 5.74) is 1.85. The third-order valence-corrected chi connectivity index (χ3v) is 12.7. The van der Waals surface area contributed by atoms with Gasteiger partial charge in [-0.2, -0.15) is 0 Å². The molecule has 4 aliphatic rings. The molecule has 4 rings (SSSR count). The number of unbranched alkanes of at least 4 members (excludes halogenated alkanes) is 1. The van der Waals surface area contributed by atoms with E-state index in [0.717, 1.165) is 59.1 Å². The third kappa shape index (κ3) is 8.76. The number of alkyl halides is 1. The van der Waals surface area contributed by atoms with Gasteiger partial charge >= 0.3 is 0 Å². The Labute approximate surface area is 243 Å². The molecule has 0 aromatic heterocycles. The Balaban J connectivity index is 1.57. The van der Waals surface area contributed by atoms with E-state index in [0.29, 0.717) is 0 Å². The van der Waals surface area contributed by atoms with E-state index >= 15 is 0 Å². The van der Waals surface area contributed by atoms with Gasteiger partial charge in [-0.25, -0.2) is 0 Å². The lowest BCUT2D eigenvalue weighted by atomic mass is 9.61. The molecular formula is C37H65Cl. The van der Waals surface area contributed by atoms with Gasteiger partial charge in [-0.05, 0) is 124 Å². The van der Waals surface area contributed by atoms with Crippen molar-refractivity contribution in [3.05, 3.63) is 11.6 Å². The van der Waals surface area contributed by atoms with Gasteiger partial charge < -0.3 is 0 Å². The second-order valence-electron chi connectivity index (χ2n) is 14.9. The number of hydrogen-bond donors (Lipinski definition) is 0. The zero-order valence-corrected chi connectivity index (χ0v) is 26.7. The summed E-state index contributed by atoms with van der Waals surface area (Å²) in [7, 11) is 0. The second-order valence-corrected chi connectivity index (χ2v) is 15.2. The van der Waals surface area contributed by atoms with Gasteiger partial charge in [0, 0.05) is 5.88 Å². The van der Waals surface area contributed by atoms with Crippen LogP contribution < -0.4 is 0 Å². The summed E-state index contributed by atoms with van der Waals surface area (Å²) < 4.78 is 0. The van der Waals surface area contributed by atoms with Crippen LogP contribution in [0.3, 0.4) is 0 Å². The predicted molar refractivity (Wildman–Crippen MR) is 169 cm³/mol. The van der Waals surface area contributed by atoms with Gasteiger partial charge in [0.05, 0.1) is 0 Å². The smallest absolute Gasteiger partial charge is 0.0223 e. The lowest BCUT2D eigenvalue weighted by Crippen LogP contribution is -2.35. The molecule has 4 aliphatic carbocycles. The van der Waals surface area contributed by atoms with Gasteiger partial charge in [-0.3, -0.25) is 0 Å². The number of rotatable bonds is 8. The molecule has 8 atom stereocenters. The lowest BCUT2D eigenvalue weighted by Gasteiger charge is -2.44. The van der Waals surface area contributed by atoms with Crippen LogP contribution in [0.1, 0.15) is 162 Å². The van der Waals surface area contributed by atoms with E-state index in [-0.39, 0.29) is 0 Å². The molecule has 0 aromatic rings. The first kappa shape index (κ1) is 31.0. The van der Waals surface area contributed by atoms with Crippen LogP contribution in [0.2, 0.25) is 0 Å². The van der Waals surface area contributed by atoms with Crippen molar-refractivity contribution in [1.29, 1.82) is 0 Å². The van der Waals surface area contributed by atoms with E-state index in [1.54, 1.807) is 19.3 Å². The summed E-state index contributed by atoms with van der Waals surface area (Å²) in [5, 5.41) is 0. The minimum absolute atomic E-state index is 0.851. The van der Waals surface area contributed by atoms with Gasteiger partial charge in [0.25, 0.3) is 0 Å². The minimum atomic E-state index is 0.851. The van der Waals surface area contributed by atoms with E-state index < -0.39 is 0 Å². The van der Waals surface area contributed by atoms with Gasteiger partial charge in [0.2, 0.25) is 0 Å². The van der Waals surface area contributed by atoms with Crippen LogP contribution in [0.5, 0.6) is 0 Å². The third-order valence-electron chi connectivity index (χ3n) is 12.5. The summed E-state index contributed by atoms with van der Waals surface area (Å²) in [6, 6.07) is 0. The average molecular weight is 545 g/mol. The standard InChI is InChI=1S/C37H65Cl/c1-4-5-14-31(19-11-26-38)32-22-20-30-13-10-17-34(23-21-30)37(33-15-7-6-8-16-33)29(3)27-35-18-9-12-28(2)36(35)25-24-32/h13,28-29,31-37H,4-12,14-27H2,1-3H3. The molecule has 2 bridgehead atoms. The molecule has 0 heterocycles. The zero-order chi connectivity index (χ0) is 26.7. The van der Waals surface area contributed by atoms with Crippen molar-refractivity contribution < 1.29 is 0 Å². The van der Waals surface area contributed by atoms with Crippen molar-refractivity contribution in [1.82, 2.24) is 0 Å². The molecule has 0 N–H and O–H groups in total. The average Bonchev–Trinajstić information content (AvgIpc) is 3.16. The topological polar surface area (TPSA) is 0 Å². The van der Waals surface area contributed by atoms with Crippen LogP contribution in [0.25, 0.3) is 0 Å². The summed E-state index contributed by atoms with van der Waals surface area (Å²) in [5.74, 6) is 9.58. The van der Waals surface area contributed by atoms with E-state index in [1.165, 1.54) is 122 Å². The van der Waals surface area contributed by atoms with Gasteiger partial charge in [0.15, 0.2) is 0 Å². The highest BCUT2D eigenvalue weighted by Crippen LogP contribution is 2.49. The van der Waals surface area contributed by atoms with Crippen molar-refractivity contribution in [2.75, 3.05) is 5.88 Å². The molecule has 0 amide bonds. The molecule has 220 valence electrons. The van der Waals surface area contributed by atoms with E-state index in [2.05, 4.69) is 26.8 Å². The van der Waals surface area contributed by atoms with Crippen molar-refractivity contribution in [2.45, 2.75) is 162 Å². The fourth-order valence-corrected chi connectivity index (χ4v) is 10.6. The summed E-state index contributed by atoms with van der Waals surface area (Å²) in [6.07, 6.45) is 34.9. The summed E-state index contributed by atoms with van der Waals surface area (Å²) >= 11 is 6.25. The molecule has 0 saturated heterocycles. The molecule has 0 aliphatic heterocycles. The molecule has 0 radical (unpaired) electrons. The van der Waals surface area contributed by atoms with Crippen molar-refractivity contribution in [2.24, 2.45) is 53.3 Å². The van der Waals surface area contributed by atoms with Crippen molar-refractivity contribution in [3.63, 3.8) is 0 Å². The SMILES string of the molecule is CCCCC(CCCCl)C1CCC2=CCCC(CC2)C(C2CCCCC2)C(C)CC2CCCC(C)C2CC1. The zero-order valence-electron chi connectivity index (χ0n) is 25.9. The molecule has 0 aromatic carbocycles. The molecule has 3 saturated carbocycles. The van der Waals surface area contributed by atoms with Crippen LogP contribution in [0.15, 0.2) is 11.6 Å². The number of allylic oxidation sites excluding steroid dienone is 2. The molecule has 0 nitrogen and oxygen atoms in total. The Morgan fingerprint density at radius 2 is 1.47 bits per heavy atom. The first-order chi connectivity index (χ1) is 18.6. The Hall–Kier alpha value is 0.0300. The largest absolute Gasteiger partial charge is 0.127 e. The van der Waals surface area contributed by atoms with Crippen LogP contribution in [-0.2, 0) is 0 Å². The molecule has 8 unspecified atom stereocenters. The Bertz CT molecular complexity index is 666. The van der Waals surface area contributed by atoms with Crippen LogP contribution in [-0.4, -0.2) is 5.88 Å². The highest BCUT2D eigenvalue weighted by Gasteiger charge is 2.39. The quantitative estimate of drug-likeness (QED) is 0.210. The minimum Gasteiger partial charge on any atom is -0.127 e. The molecular weight excluding hydrogens is 480 g/mol. The molecule has 1 heteroatoms. The van der Waals surface area contributed by atoms with Gasteiger partial charge in [0.1, 0.15) is 0 Å². The monoisotopic (exact) mass is 544 g/mol. The van der Waals surface area contributed by atoms with E-state index in [9.17, 15) is 0 Å². The van der Waals surface area contributed by atoms with Gasteiger partial charge in [-0.1, -0.05) is 103 Å². The van der Waals surface area contributed by atoms with E-state index in [4.69, 9.17) is 11.6 Å². The number of hydrogen-bond acceptors (Lipinski definition) is 0. The summed E-state index contributed by atoms with van der Waals surface area (Å²) in [6.45, 7) is 7.75. The first-order valence-electron chi connectivity index (χ1n) is 17.8. The fourth-order valence-electron chi connectivity index (χ4n) is 10.4. The van der Waals surface area contributed by atoms with Crippen molar-refractivity contribution >= 4 is 11.6 Å². The number of halogens is 1. The number of fused-ring (bicyclic) bond motifs is 4. The summed E-state index contributed by atoms with van der Waals surface area (Å²) in [4.78, 5) is 0. The van der Waals surface area contributed by atoms with Crippen LogP contribution >= 0.6 is 11.6 Å². The van der Waals surface area contributed by atoms with Crippen LogP contribution in [0.4, 0.5) is 0 Å². The molecule has 3 fully saturated rings. The maximum Gasteiger partial charge on any atom is 0.0223 e. The molecule has 38 heavy (non-hydrogen) atoms. The van der Waals surface area contributed by atoms with Crippen LogP contribution in [0, 0.1) is 53.3 Å². The maximum absolute atomic E-state index is 6.25. The van der Waals surface area contributed by atoms with E-state index in [1.807, 2.05) is 5.57 Å². The normalized spacial score (nSPS) is 37.1. The van der Waals surface area contributed by atoms with Crippen molar-refractivity contribution in [3.8, 4) is 0 Å². The Morgan fingerprint density at radius 3 is 2.26 bits per heavy atom. The fraction of sp³-hybridized carbons (Fsp3) is 0.946.